The Balaban J connectivity index is 2.05. The minimum Gasteiger partial charge on any atom is -0.399 e. The monoisotopic (exact) mass is 275 g/mol. The van der Waals surface area contributed by atoms with E-state index in [2.05, 4.69) is 5.32 Å². The molecule has 19 heavy (non-hydrogen) atoms. The molecule has 2 aromatic rings. The zero-order valence-corrected chi connectivity index (χ0v) is 10.9. The summed E-state index contributed by atoms with van der Waals surface area (Å²) in [5, 5.41) is 3.34. The number of nitrogens with one attached hydrogen (secondary N) is 1. The third kappa shape index (κ3) is 3.63. The Labute approximate surface area is 116 Å². The van der Waals surface area contributed by atoms with E-state index in [-0.39, 0.29) is 12.3 Å². The van der Waals surface area contributed by atoms with Crippen LogP contribution in [-0.2, 0) is 11.2 Å². The Morgan fingerprint density at radius 1 is 1.16 bits per heavy atom. The molecule has 0 saturated heterocycles. The van der Waals surface area contributed by atoms with Gasteiger partial charge in [0.2, 0.25) is 5.91 Å². The second kappa shape index (κ2) is 5.63. The number of amides is 1. The van der Waals surface area contributed by atoms with Gasteiger partial charge in [-0.3, -0.25) is 4.79 Å². The van der Waals surface area contributed by atoms with E-state index in [4.69, 9.17) is 23.1 Å². The van der Waals surface area contributed by atoms with Crippen molar-refractivity contribution in [2.75, 3.05) is 16.8 Å². The van der Waals surface area contributed by atoms with E-state index in [1.165, 1.54) is 0 Å². The van der Waals surface area contributed by atoms with Crippen molar-refractivity contribution >= 4 is 34.6 Å². The van der Waals surface area contributed by atoms with Gasteiger partial charge in [-0.1, -0.05) is 23.7 Å². The van der Waals surface area contributed by atoms with Gasteiger partial charge in [0.15, 0.2) is 0 Å². The molecule has 0 heterocycles. The van der Waals surface area contributed by atoms with Crippen molar-refractivity contribution in [3.05, 3.63) is 53.1 Å². The average Bonchev–Trinajstić information content (AvgIpc) is 2.33. The van der Waals surface area contributed by atoms with E-state index in [0.29, 0.717) is 22.1 Å². The van der Waals surface area contributed by atoms with E-state index in [1.807, 2.05) is 0 Å². The van der Waals surface area contributed by atoms with Gasteiger partial charge in [-0.2, -0.15) is 0 Å². The molecule has 1 amide bonds. The summed E-state index contributed by atoms with van der Waals surface area (Å²) in [5.74, 6) is -0.154. The normalized spacial score (nSPS) is 10.2. The van der Waals surface area contributed by atoms with Gasteiger partial charge in [-0.05, 0) is 35.9 Å². The first-order valence-corrected chi connectivity index (χ1v) is 6.11. The molecule has 0 fully saturated rings. The predicted octanol–water partition coefficient (Wildman–Crippen LogP) is 2.69. The van der Waals surface area contributed by atoms with Gasteiger partial charge in [0, 0.05) is 22.1 Å². The van der Waals surface area contributed by atoms with Crippen LogP contribution in [-0.4, -0.2) is 5.91 Å². The van der Waals surface area contributed by atoms with E-state index >= 15 is 0 Å². The maximum absolute atomic E-state index is 11.9. The topological polar surface area (TPSA) is 81.1 Å². The smallest absolute Gasteiger partial charge is 0.228 e. The fourth-order valence-corrected chi connectivity index (χ4v) is 1.91. The maximum atomic E-state index is 11.9. The van der Waals surface area contributed by atoms with Gasteiger partial charge >= 0.3 is 0 Å². The summed E-state index contributed by atoms with van der Waals surface area (Å²) in [7, 11) is 0. The lowest BCUT2D eigenvalue weighted by Gasteiger charge is -2.08. The van der Waals surface area contributed by atoms with Gasteiger partial charge in [-0.15, -0.1) is 0 Å². The minimum atomic E-state index is -0.154. The summed E-state index contributed by atoms with van der Waals surface area (Å²) >= 11 is 5.85. The Kier molecular flexibility index (Phi) is 3.92. The third-order valence-corrected chi connectivity index (χ3v) is 2.86. The lowest BCUT2D eigenvalue weighted by Crippen LogP contribution is -2.15. The number of anilines is 3. The quantitative estimate of drug-likeness (QED) is 0.753. The van der Waals surface area contributed by atoms with Crippen LogP contribution in [0.1, 0.15) is 5.56 Å². The van der Waals surface area contributed by atoms with Crippen molar-refractivity contribution in [2.24, 2.45) is 0 Å². The fourth-order valence-electron chi connectivity index (χ4n) is 1.72. The van der Waals surface area contributed by atoms with Crippen molar-refractivity contribution in [3.8, 4) is 0 Å². The first-order chi connectivity index (χ1) is 9.04. The molecule has 5 heteroatoms. The zero-order valence-electron chi connectivity index (χ0n) is 10.2. The number of nitrogen functional groups attached to an aromatic ring is 2. The summed E-state index contributed by atoms with van der Waals surface area (Å²) in [6, 6.07) is 12.1. The Morgan fingerprint density at radius 3 is 2.63 bits per heavy atom. The molecule has 0 unspecified atom stereocenters. The Morgan fingerprint density at radius 2 is 1.95 bits per heavy atom. The van der Waals surface area contributed by atoms with Gasteiger partial charge in [0.1, 0.15) is 0 Å². The highest BCUT2D eigenvalue weighted by Crippen LogP contribution is 2.18. The molecule has 0 radical (unpaired) electrons. The summed E-state index contributed by atoms with van der Waals surface area (Å²) in [6.07, 6.45) is 0.193. The molecular formula is C14H14ClN3O. The lowest BCUT2D eigenvalue weighted by atomic mass is 10.1. The number of carbonyl (C=O) groups is 1. The van der Waals surface area contributed by atoms with Crippen LogP contribution < -0.4 is 16.8 Å². The van der Waals surface area contributed by atoms with E-state index in [0.717, 1.165) is 5.56 Å². The molecule has 0 aliphatic rings. The molecule has 0 aliphatic heterocycles. The molecular weight excluding hydrogens is 262 g/mol. The predicted molar refractivity (Wildman–Crippen MR) is 79.1 cm³/mol. The number of hydrogen-bond donors (Lipinski definition) is 3. The molecule has 5 N–H and O–H groups in total. The summed E-state index contributed by atoms with van der Waals surface area (Å²) in [5.41, 5.74) is 13.9. The first kappa shape index (κ1) is 13.2. The molecule has 0 atom stereocenters. The molecule has 98 valence electrons. The van der Waals surface area contributed by atoms with Crippen LogP contribution in [0.5, 0.6) is 0 Å². The van der Waals surface area contributed by atoms with Crippen LogP contribution in [0, 0.1) is 0 Å². The highest BCUT2D eigenvalue weighted by Gasteiger charge is 2.07. The first-order valence-electron chi connectivity index (χ1n) is 5.74. The average molecular weight is 276 g/mol. The number of carbonyl (C=O) groups excluding carboxylic acids is 1. The molecule has 0 saturated carbocycles. The second-order valence-electron chi connectivity index (χ2n) is 4.19. The maximum Gasteiger partial charge on any atom is 0.228 e. The van der Waals surface area contributed by atoms with Crippen molar-refractivity contribution in [1.29, 1.82) is 0 Å². The number of hydrogen-bond acceptors (Lipinski definition) is 3. The Hall–Kier alpha value is -2.20. The fraction of sp³-hybridized carbons (Fsp3) is 0.0714. The zero-order chi connectivity index (χ0) is 13.8. The van der Waals surface area contributed by atoms with Gasteiger partial charge in [-0.25, -0.2) is 0 Å². The van der Waals surface area contributed by atoms with Crippen molar-refractivity contribution < 1.29 is 4.79 Å². The van der Waals surface area contributed by atoms with Gasteiger partial charge < -0.3 is 16.8 Å². The molecule has 4 nitrogen and oxygen atoms in total. The number of halogens is 1. The molecule has 0 aliphatic carbocycles. The summed E-state index contributed by atoms with van der Waals surface area (Å²) in [4.78, 5) is 11.9. The van der Waals surface area contributed by atoms with Crippen LogP contribution in [0.25, 0.3) is 0 Å². The largest absolute Gasteiger partial charge is 0.399 e. The summed E-state index contributed by atoms with van der Waals surface area (Å²) < 4.78 is 0. The molecule has 0 bridgehead atoms. The Bertz CT molecular complexity index is 613. The van der Waals surface area contributed by atoms with E-state index in [9.17, 15) is 4.79 Å². The van der Waals surface area contributed by atoms with Crippen LogP contribution >= 0.6 is 11.6 Å². The molecule has 2 aromatic carbocycles. The SMILES string of the molecule is Nc1ccc(CC(=O)Nc2cccc(Cl)c2)c(N)c1. The minimum absolute atomic E-state index is 0.154. The van der Waals surface area contributed by atoms with Crippen LogP contribution in [0.15, 0.2) is 42.5 Å². The highest BCUT2D eigenvalue weighted by atomic mass is 35.5. The van der Waals surface area contributed by atoms with Gasteiger partial charge in [0.05, 0.1) is 6.42 Å². The van der Waals surface area contributed by atoms with Crippen LogP contribution in [0.2, 0.25) is 5.02 Å². The second-order valence-corrected chi connectivity index (χ2v) is 4.63. The van der Waals surface area contributed by atoms with Crippen molar-refractivity contribution in [3.63, 3.8) is 0 Å². The van der Waals surface area contributed by atoms with Crippen LogP contribution in [0.3, 0.4) is 0 Å². The molecule has 2 rings (SSSR count). The van der Waals surface area contributed by atoms with E-state index in [1.54, 1.807) is 42.5 Å². The lowest BCUT2D eigenvalue weighted by molar-refractivity contribution is -0.115. The van der Waals surface area contributed by atoms with Crippen LogP contribution in [0.4, 0.5) is 17.1 Å². The number of rotatable bonds is 3. The van der Waals surface area contributed by atoms with Gasteiger partial charge in [0.25, 0.3) is 0 Å². The van der Waals surface area contributed by atoms with Crippen molar-refractivity contribution in [2.45, 2.75) is 6.42 Å². The molecule has 0 aromatic heterocycles. The van der Waals surface area contributed by atoms with Crippen molar-refractivity contribution in [1.82, 2.24) is 0 Å². The third-order valence-electron chi connectivity index (χ3n) is 2.63. The molecule has 0 spiro atoms. The van der Waals surface area contributed by atoms with E-state index < -0.39 is 0 Å². The summed E-state index contributed by atoms with van der Waals surface area (Å²) in [6.45, 7) is 0. The standard InChI is InChI=1S/C14H14ClN3O/c15-10-2-1-3-12(7-10)18-14(19)6-9-4-5-11(16)8-13(9)17/h1-5,7-8H,6,16-17H2,(H,18,19). The highest BCUT2D eigenvalue weighted by molar-refractivity contribution is 6.30. The number of nitrogens with two attached hydrogens (primary N) is 2. The number of benzene rings is 2.